The van der Waals surface area contributed by atoms with E-state index in [1.165, 1.54) is 4.88 Å². The molecule has 0 aliphatic carbocycles. The van der Waals surface area contributed by atoms with Gasteiger partial charge in [-0.1, -0.05) is 6.92 Å². The first-order valence-electron chi connectivity index (χ1n) is 6.77. The van der Waals surface area contributed by atoms with Crippen molar-refractivity contribution in [1.29, 1.82) is 0 Å². The highest BCUT2D eigenvalue weighted by Gasteiger charge is 2.15. The van der Waals surface area contributed by atoms with Crippen LogP contribution in [0.4, 0.5) is 11.8 Å². The normalized spacial score (nSPS) is 10.7. The summed E-state index contributed by atoms with van der Waals surface area (Å²) in [5, 5.41) is 3.61. The predicted molar refractivity (Wildman–Crippen MR) is 86.6 cm³/mol. The van der Waals surface area contributed by atoms with Gasteiger partial charge in [0.15, 0.2) is 0 Å². The van der Waals surface area contributed by atoms with E-state index in [0.29, 0.717) is 18.9 Å². The molecule has 0 saturated heterocycles. The summed E-state index contributed by atoms with van der Waals surface area (Å²) < 4.78 is 0. The number of hydrazine groups is 1. The minimum absolute atomic E-state index is 0.00360. The molecular formula is C13H20N6OS. The number of nitrogen functional groups attached to an aromatic ring is 1. The summed E-state index contributed by atoms with van der Waals surface area (Å²) in [7, 11) is 3.54. The summed E-state index contributed by atoms with van der Waals surface area (Å²) in [6, 6.07) is 2.10. The number of nitrogens with two attached hydrogens (primary N) is 1. The quantitative estimate of drug-likeness (QED) is 0.546. The Bertz CT molecular complexity index is 641. The molecule has 2 aromatic rings. The van der Waals surface area contributed by atoms with Gasteiger partial charge in [-0.25, -0.2) is 10.8 Å². The van der Waals surface area contributed by atoms with E-state index in [1.807, 2.05) is 11.9 Å². The van der Waals surface area contributed by atoms with Gasteiger partial charge in [-0.2, -0.15) is 4.98 Å². The van der Waals surface area contributed by atoms with Gasteiger partial charge in [-0.15, -0.1) is 11.3 Å². The molecule has 21 heavy (non-hydrogen) atoms. The zero-order valence-electron chi connectivity index (χ0n) is 12.4. The first kappa shape index (κ1) is 15.5. The van der Waals surface area contributed by atoms with Crippen molar-refractivity contribution >= 4 is 39.2 Å². The fourth-order valence-corrected chi connectivity index (χ4v) is 2.95. The second kappa shape index (κ2) is 6.68. The fourth-order valence-electron chi connectivity index (χ4n) is 1.99. The van der Waals surface area contributed by atoms with Gasteiger partial charge >= 0.3 is 0 Å². The van der Waals surface area contributed by atoms with Crippen molar-refractivity contribution in [3.05, 3.63) is 10.9 Å². The maximum Gasteiger partial charge on any atom is 0.240 e. The van der Waals surface area contributed by atoms with E-state index in [1.54, 1.807) is 18.4 Å². The summed E-state index contributed by atoms with van der Waals surface area (Å²) >= 11 is 1.63. The van der Waals surface area contributed by atoms with E-state index in [-0.39, 0.29) is 5.91 Å². The molecule has 0 unspecified atom stereocenters. The van der Waals surface area contributed by atoms with Crippen LogP contribution >= 0.6 is 11.3 Å². The fraction of sp³-hybridized carbons (Fsp3) is 0.462. The average Bonchev–Trinajstić information content (AvgIpc) is 2.93. The lowest BCUT2D eigenvalue weighted by molar-refractivity contribution is -0.120. The average molecular weight is 308 g/mol. The van der Waals surface area contributed by atoms with Crippen LogP contribution in [-0.2, 0) is 11.2 Å². The van der Waals surface area contributed by atoms with Crippen LogP contribution in [-0.4, -0.2) is 36.5 Å². The smallest absolute Gasteiger partial charge is 0.240 e. The number of nitrogens with zero attached hydrogens (tertiary/aromatic N) is 3. The molecule has 0 aliphatic rings. The summed E-state index contributed by atoms with van der Waals surface area (Å²) in [4.78, 5) is 24.3. The van der Waals surface area contributed by atoms with Gasteiger partial charge in [-0.3, -0.25) is 10.2 Å². The van der Waals surface area contributed by atoms with Gasteiger partial charge in [0.05, 0.1) is 5.39 Å². The van der Waals surface area contributed by atoms with E-state index in [4.69, 9.17) is 5.84 Å². The molecule has 2 rings (SSSR count). The van der Waals surface area contributed by atoms with Crippen molar-refractivity contribution in [2.75, 3.05) is 31.0 Å². The van der Waals surface area contributed by atoms with Crippen molar-refractivity contribution in [2.45, 2.75) is 19.8 Å². The second-order valence-electron chi connectivity index (χ2n) is 4.64. The van der Waals surface area contributed by atoms with Gasteiger partial charge in [0, 0.05) is 31.9 Å². The van der Waals surface area contributed by atoms with Gasteiger partial charge in [-0.05, 0) is 12.5 Å². The van der Waals surface area contributed by atoms with Crippen molar-refractivity contribution in [3.8, 4) is 0 Å². The Balaban J connectivity index is 2.35. The molecule has 0 aliphatic heterocycles. The molecule has 114 valence electrons. The van der Waals surface area contributed by atoms with Gasteiger partial charge in [0.2, 0.25) is 11.9 Å². The van der Waals surface area contributed by atoms with Gasteiger partial charge in [0.25, 0.3) is 0 Å². The van der Waals surface area contributed by atoms with Gasteiger partial charge < -0.3 is 10.2 Å². The first-order valence-corrected chi connectivity index (χ1v) is 7.59. The lowest BCUT2D eigenvalue weighted by Crippen LogP contribution is -2.27. The molecule has 1 amide bonds. The molecule has 4 N–H and O–H groups in total. The van der Waals surface area contributed by atoms with Crippen LogP contribution in [0.1, 0.15) is 18.2 Å². The molecule has 8 heteroatoms. The van der Waals surface area contributed by atoms with Crippen molar-refractivity contribution in [1.82, 2.24) is 15.3 Å². The third-order valence-electron chi connectivity index (χ3n) is 3.22. The Morgan fingerprint density at radius 3 is 2.86 bits per heavy atom. The number of nitrogens with one attached hydrogen (secondary N) is 2. The van der Waals surface area contributed by atoms with E-state index in [0.717, 1.165) is 22.5 Å². The molecule has 0 bridgehead atoms. The lowest BCUT2D eigenvalue weighted by atomic mass is 10.3. The van der Waals surface area contributed by atoms with Crippen LogP contribution in [0.3, 0.4) is 0 Å². The molecule has 2 heterocycles. The number of hydrogen-bond donors (Lipinski definition) is 3. The summed E-state index contributed by atoms with van der Waals surface area (Å²) in [6.45, 7) is 2.68. The van der Waals surface area contributed by atoms with Crippen LogP contribution < -0.4 is 21.5 Å². The molecular weight excluding hydrogens is 288 g/mol. The minimum atomic E-state index is 0.00360. The van der Waals surface area contributed by atoms with Crippen LogP contribution in [0.15, 0.2) is 6.07 Å². The molecule has 0 radical (unpaired) electrons. The minimum Gasteiger partial charge on any atom is -0.359 e. The number of anilines is 2. The summed E-state index contributed by atoms with van der Waals surface area (Å²) in [5.74, 6) is 6.61. The topological polar surface area (TPSA) is 96.2 Å². The number of rotatable bonds is 6. The largest absolute Gasteiger partial charge is 0.359 e. The number of thiophene rings is 1. The van der Waals surface area contributed by atoms with Crippen molar-refractivity contribution in [2.24, 2.45) is 5.84 Å². The predicted octanol–water partition coefficient (Wildman–Crippen LogP) is 1.11. The van der Waals surface area contributed by atoms with Crippen molar-refractivity contribution in [3.63, 3.8) is 0 Å². The highest BCUT2D eigenvalue weighted by atomic mass is 32.1. The molecule has 0 spiro atoms. The lowest BCUT2D eigenvalue weighted by Gasteiger charge is -2.19. The molecule has 0 atom stereocenters. The number of aromatic nitrogens is 2. The Kier molecular flexibility index (Phi) is 4.92. The van der Waals surface area contributed by atoms with Crippen LogP contribution in [0, 0.1) is 0 Å². The maximum absolute atomic E-state index is 11.4. The number of amides is 1. The molecule has 7 nitrogen and oxygen atoms in total. The third kappa shape index (κ3) is 3.40. The number of hydrogen-bond acceptors (Lipinski definition) is 7. The Morgan fingerprint density at radius 2 is 2.24 bits per heavy atom. The SMILES string of the molecule is CCc1cc2c(N(C)CCC(=O)NC)nc(NN)nc2s1. The number of fused-ring (bicyclic) bond motifs is 1. The van der Waals surface area contributed by atoms with Crippen LogP contribution in [0.5, 0.6) is 0 Å². The third-order valence-corrected chi connectivity index (χ3v) is 4.39. The number of carbonyl (C=O) groups excluding carboxylic acids is 1. The number of aryl methyl sites for hydroxylation is 1. The summed E-state index contributed by atoms with van der Waals surface area (Å²) in [6.07, 6.45) is 1.36. The second-order valence-corrected chi connectivity index (χ2v) is 5.76. The molecule has 2 aromatic heterocycles. The van der Waals surface area contributed by atoms with Crippen LogP contribution in [0.2, 0.25) is 0 Å². The molecule has 0 aromatic carbocycles. The summed E-state index contributed by atoms with van der Waals surface area (Å²) in [5.41, 5.74) is 2.50. The standard InChI is InChI=1S/C13H20N6OS/c1-4-8-7-9-11(19(3)6-5-10(20)15-2)16-13(18-14)17-12(9)21-8/h7H,4-6,14H2,1-3H3,(H,15,20)(H,16,17,18). The Morgan fingerprint density at radius 1 is 1.48 bits per heavy atom. The first-order chi connectivity index (χ1) is 10.1. The molecule has 0 fully saturated rings. The van der Waals surface area contributed by atoms with Crippen molar-refractivity contribution < 1.29 is 4.79 Å². The maximum atomic E-state index is 11.4. The number of carbonyl (C=O) groups is 1. The van der Waals surface area contributed by atoms with Crippen LogP contribution in [0.25, 0.3) is 10.2 Å². The van der Waals surface area contributed by atoms with Gasteiger partial charge in [0.1, 0.15) is 10.6 Å². The Hall–Kier alpha value is -1.93. The van der Waals surface area contributed by atoms with E-state index in [2.05, 4.69) is 33.7 Å². The van der Waals surface area contributed by atoms with E-state index >= 15 is 0 Å². The zero-order chi connectivity index (χ0) is 15.4. The highest BCUT2D eigenvalue weighted by molar-refractivity contribution is 7.18. The monoisotopic (exact) mass is 308 g/mol. The highest BCUT2D eigenvalue weighted by Crippen LogP contribution is 2.31. The molecule has 0 saturated carbocycles. The zero-order valence-corrected chi connectivity index (χ0v) is 13.3. The Labute approximate surface area is 127 Å². The van der Waals surface area contributed by atoms with E-state index < -0.39 is 0 Å². The van der Waals surface area contributed by atoms with E-state index in [9.17, 15) is 4.79 Å².